The number of anilines is 1. The summed E-state index contributed by atoms with van der Waals surface area (Å²) in [6.45, 7) is -0.420. The monoisotopic (exact) mass is 259 g/mol. The van der Waals surface area contributed by atoms with Crippen LogP contribution in [0.5, 0.6) is 5.75 Å². The first kappa shape index (κ1) is 12.7. The number of benzene rings is 1. The molecule has 2 rings (SSSR count). The fourth-order valence-electron chi connectivity index (χ4n) is 1.73. The maximum absolute atomic E-state index is 11.9. The standard InChI is InChI=1S/C12H12F3NO2/c13-12(14,15)5-6-18-9-3-1-8-2-4-11(17)16-10(8)7-9/h1,3,7H,2,4-6H2,(H,16,17). The van der Waals surface area contributed by atoms with Crippen molar-refractivity contribution in [2.24, 2.45) is 0 Å². The lowest BCUT2D eigenvalue weighted by molar-refractivity contribution is -0.139. The minimum absolute atomic E-state index is 0.0880. The minimum Gasteiger partial charge on any atom is -0.493 e. The van der Waals surface area contributed by atoms with Crippen LogP contribution >= 0.6 is 0 Å². The van der Waals surface area contributed by atoms with E-state index in [9.17, 15) is 18.0 Å². The molecule has 18 heavy (non-hydrogen) atoms. The molecule has 0 saturated carbocycles. The molecule has 1 aromatic carbocycles. The Hall–Kier alpha value is -1.72. The fraction of sp³-hybridized carbons (Fsp3) is 0.417. The first-order valence-corrected chi connectivity index (χ1v) is 5.56. The van der Waals surface area contributed by atoms with E-state index in [1.807, 2.05) is 0 Å². The summed E-state index contributed by atoms with van der Waals surface area (Å²) in [7, 11) is 0. The molecule has 1 aromatic rings. The summed E-state index contributed by atoms with van der Waals surface area (Å²) in [5.74, 6) is 0.246. The van der Waals surface area contributed by atoms with E-state index < -0.39 is 19.2 Å². The SMILES string of the molecule is O=C1CCc2ccc(OCCC(F)(F)F)cc2N1. The van der Waals surface area contributed by atoms with Crippen LogP contribution in [0.4, 0.5) is 18.9 Å². The highest BCUT2D eigenvalue weighted by Gasteiger charge is 2.26. The normalized spacial score (nSPS) is 14.9. The molecule has 0 unspecified atom stereocenters. The fourth-order valence-corrected chi connectivity index (χ4v) is 1.73. The Balaban J connectivity index is 1.98. The van der Waals surface area contributed by atoms with Gasteiger partial charge < -0.3 is 10.1 Å². The molecule has 1 aliphatic rings. The van der Waals surface area contributed by atoms with Crippen molar-refractivity contribution in [3.05, 3.63) is 23.8 Å². The van der Waals surface area contributed by atoms with Gasteiger partial charge in [-0.25, -0.2) is 0 Å². The number of rotatable bonds is 3. The van der Waals surface area contributed by atoms with Crippen molar-refractivity contribution < 1.29 is 22.7 Å². The number of carbonyl (C=O) groups is 1. The van der Waals surface area contributed by atoms with Crippen LogP contribution in [-0.2, 0) is 11.2 Å². The quantitative estimate of drug-likeness (QED) is 0.906. The third kappa shape index (κ3) is 3.38. The molecule has 1 amide bonds. The Bertz CT molecular complexity index is 457. The van der Waals surface area contributed by atoms with Crippen molar-refractivity contribution in [2.75, 3.05) is 11.9 Å². The molecule has 0 atom stereocenters. The zero-order valence-corrected chi connectivity index (χ0v) is 9.51. The number of halogens is 3. The lowest BCUT2D eigenvalue weighted by Gasteiger charge is -2.17. The Labute approximate surface area is 102 Å². The highest BCUT2D eigenvalue weighted by Crippen LogP contribution is 2.27. The number of carbonyl (C=O) groups excluding carboxylic acids is 1. The van der Waals surface area contributed by atoms with E-state index in [2.05, 4.69) is 5.32 Å². The molecule has 0 fully saturated rings. The van der Waals surface area contributed by atoms with Crippen LogP contribution in [0.25, 0.3) is 0 Å². The van der Waals surface area contributed by atoms with Crippen LogP contribution in [0.1, 0.15) is 18.4 Å². The summed E-state index contributed by atoms with van der Waals surface area (Å²) >= 11 is 0. The van der Waals surface area contributed by atoms with E-state index in [-0.39, 0.29) is 5.91 Å². The largest absolute Gasteiger partial charge is 0.493 e. The number of hydrogen-bond donors (Lipinski definition) is 1. The number of amides is 1. The molecule has 0 aliphatic carbocycles. The zero-order chi connectivity index (χ0) is 13.2. The summed E-state index contributed by atoms with van der Waals surface area (Å²) in [5, 5.41) is 2.67. The van der Waals surface area contributed by atoms with Gasteiger partial charge in [-0.15, -0.1) is 0 Å². The summed E-state index contributed by atoms with van der Waals surface area (Å²) in [5.41, 5.74) is 1.59. The van der Waals surface area contributed by atoms with Crippen molar-refractivity contribution in [3.8, 4) is 5.75 Å². The molecule has 1 aliphatic heterocycles. The maximum atomic E-state index is 11.9. The molecule has 0 saturated heterocycles. The smallest absolute Gasteiger partial charge is 0.392 e. The summed E-state index contributed by atoms with van der Waals surface area (Å²) < 4.78 is 40.8. The highest BCUT2D eigenvalue weighted by atomic mass is 19.4. The Kier molecular flexibility index (Phi) is 3.45. The lowest BCUT2D eigenvalue weighted by Crippen LogP contribution is -2.19. The Morgan fingerprint density at radius 3 is 2.78 bits per heavy atom. The van der Waals surface area contributed by atoms with Gasteiger partial charge in [-0.1, -0.05) is 6.07 Å². The summed E-state index contributed by atoms with van der Waals surface area (Å²) in [4.78, 5) is 11.2. The van der Waals surface area contributed by atoms with Gasteiger partial charge in [-0.2, -0.15) is 13.2 Å². The van der Waals surface area contributed by atoms with Crippen molar-refractivity contribution >= 4 is 11.6 Å². The molecule has 0 bridgehead atoms. The highest BCUT2D eigenvalue weighted by molar-refractivity contribution is 5.94. The van der Waals surface area contributed by atoms with Crippen molar-refractivity contribution in [1.29, 1.82) is 0 Å². The van der Waals surface area contributed by atoms with Gasteiger partial charge >= 0.3 is 6.18 Å². The number of alkyl halides is 3. The second-order valence-electron chi connectivity index (χ2n) is 4.08. The topological polar surface area (TPSA) is 38.3 Å². The van der Waals surface area contributed by atoms with Crippen LogP contribution in [0, 0.1) is 0 Å². The van der Waals surface area contributed by atoms with E-state index in [0.717, 1.165) is 5.56 Å². The van der Waals surface area contributed by atoms with Crippen LogP contribution in [0.3, 0.4) is 0 Å². The van der Waals surface area contributed by atoms with E-state index >= 15 is 0 Å². The van der Waals surface area contributed by atoms with E-state index in [1.54, 1.807) is 18.2 Å². The number of hydrogen-bond acceptors (Lipinski definition) is 2. The van der Waals surface area contributed by atoms with Crippen molar-refractivity contribution in [3.63, 3.8) is 0 Å². The van der Waals surface area contributed by atoms with Crippen LogP contribution in [-0.4, -0.2) is 18.7 Å². The van der Waals surface area contributed by atoms with Crippen molar-refractivity contribution in [2.45, 2.75) is 25.4 Å². The second-order valence-corrected chi connectivity index (χ2v) is 4.08. The molecule has 3 nitrogen and oxygen atoms in total. The molecule has 1 heterocycles. The third-order valence-electron chi connectivity index (χ3n) is 2.63. The number of ether oxygens (including phenoxy) is 1. The molecular formula is C12H12F3NO2. The van der Waals surface area contributed by atoms with Gasteiger partial charge in [-0.05, 0) is 18.1 Å². The first-order valence-electron chi connectivity index (χ1n) is 5.56. The van der Waals surface area contributed by atoms with Gasteiger partial charge in [0, 0.05) is 18.2 Å². The Morgan fingerprint density at radius 2 is 2.06 bits per heavy atom. The Morgan fingerprint density at radius 1 is 1.28 bits per heavy atom. The van der Waals surface area contributed by atoms with Gasteiger partial charge in [0.05, 0.1) is 13.0 Å². The van der Waals surface area contributed by atoms with Gasteiger partial charge in [0.1, 0.15) is 5.75 Å². The van der Waals surface area contributed by atoms with E-state index in [4.69, 9.17) is 4.74 Å². The molecule has 98 valence electrons. The molecular weight excluding hydrogens is 247 g/mol. The molecule has 0 aromatic heterocycles. The average Bonchev–Trinajstić information content (AvgIpc) is 2.26. The molecule has 6 heteroatoms. The summed E-state index contributed by atoms with van der Waals surface area (Å²) in [6, 6.07) is 4.94. The van der Waals surface area contributed by atoms with Crippen LogP contribution < -0.4 is 10.1 Å². The zero-order valence-electron chi connectivity index (χ0n) is 9.51. The summed E-state index contributed by atoms with van der Waals surface area (Å²) in [6.07, 6.45) is -4.13. The van der Waals surface area contributed by atoms with Gasteiger partial charge in [0.2, 0.25) is 5.91 Å². The minimum atomic E-state index is -4.22. The van der Waals surface area contributed by atoms with Gasteiger partial charge in [0.15, 0.2) is 0 Å². The maximum Gasteiger partial charge on any atom is 0.392 e. The average molecular weight is 259 g/mol. The van der Waals surface area contributed by atoms with Gasteiger partial charge in [0.25, 0.3) is 0 Å². The molecule has 0 spiro atoms. The second kappa shape index (κ2) is 4.88. The number of fused-ring (bicyclic) bond motifs is 1. The van der Waals surface area contributed by atoms with Crippen LogP contribution in [0.2, 0.25) is 0 Å². The van der Waals surface area contributed by atoms with Crippen LogP contribution in [0.15, 0.2) is 18.2 Å². The predicted molar refractivity (Wildman–Crippen MR) is 59.6 cm³/mol. The van der Waals surface area contributed by atoms with Gasteiger partial charge in [-0.3, -0.25) is 4.79 Å². The predicted octanol–water partition coefficient (Wildman–Crippen LogP) is 2.90. The number of nitrogens with one attached hydrogen (secondary N) is 1. The lowest BCUT2D eigenvalue weighted by atomic mass is 10.0. The first-order chi connectivity index (χ1) is 8.44. The third-order valence-corrected chi connectivity index (χ3v) is 2.63. The molecule has 0 radical (unpaired) electrons. The van der Waals surface area contributed by atoms with E-state index in [1.165, 1.54) is 0 Å². The number of aryl methyl sites for hydroxylation is 1. The van der Waals surface area contributed by atoms with Crippen molar-refractivity contribution in [1.82, 2.24) is 0 Å². The van der Waals surface area contributed by atoms with E-state index in [0.29, 0.717) is 24.3 Å². The molecule has 1 N–H and O–H groups in total.